The lowest BCUT2D eigenvalue weighted by atomic mass is 10.1. The predicted octanol–water partition coefficient (Wildman–Crippen LogP) is 5.00. The normalized spacial score (nSPS) is 11.3. The van der Waals surface area contributed by atoms with Crippen molar-refractivity contribution in [2.24, 2.45) is 0 Å². The molecule has 26 heavy (non-hydrogen) atoms. The lowest BCUT2D eigenvalue weighted by Gasteiger charge is -2.16. The molecule has 2 N–H and O–H groups in total. The molecule has 0 aliphatic heterocycles. The Hall–Kier alpha value is -2.87. The molecule has 0 saturated heterocycles. The van der Waals surface area contributed by atoms with Crippen LogP contribution in [0.1, 0.15) is 5.56 Å². The molecule has 3 rings (SSSR count). The first-order chi connectivity index (χ1) is 12.4. The van der Waals surface area contributed by atoms with Crippen LogP contribution in [0.15, 0.2) is 48.7 Å². The predicted molar refractivity (Wildman–Crippen MR) is 94.5 cm³/mol. The molecule has 2 aromatic heterocycles. The SMILES string of the molecule is CNc1nc(Nc2c(Cl)cccc2C(F)(F)F)cc(-c2ccccn2)n1. The molecule has 0 bridgehead atoms. The third-order valence-corrected chi connectivity index (χ3v) is 3.76. The van der Waals surface area contributed by atoms with Gasteiger partial charge in [0.25, 0.3) is 0 Å². The lowest BCUT2D eigenvalue weighted by Crippen LogP contribution is -2.10. The van der Waals surface area contributed by atoms with Crippen molar-refractivity contribution < 1.29 is 13.2 Å². The number of anilines is 3. The summed E-state index contributed by atoms with van der Waals surface area (Å²) in [4.78, 5) is 12.6. The van der Waals surface area contributed by atoms with E-state index in [0.717, 1.165) is 6.07 Å². The van der Waals surface area contributed by atoms with Crippen LogP contribution in [0.4, 0.5) is 30.6 Å². The van der Waals surface area contributed by atoms with E-state index in [-0.39, 0.29) is 22.5 Å². The van der Waals surface area contributed by atoms with E-state index >= 15 is 0 Å². The first-order valence-corrected chi connectivity index (χ1v) is 7.87. The molecule has 0 radical (unpaired) electrons. The molecule has 1 aromatic carbocycles. The van der Waals surface area contributed by atoms with Gasteiger partial charge in [-0.1, -0.05) is 23.7 Å². The first kappa shape index (κ1) is 17.9. The van der Waals surface area contributed by atoms with Crippen LogP contribution in [-0.4, -0.2) is 22.0 Å². The second-order valence-corrected chi connectivity index (χ2v) is 5.62. The smallest absolute Gasteiger partial charge is 0.357 e. The molecule has 0 aliphatic rings. The number of para-hydroxylation sites is 1. The van der Waals surface area contributed by atoms with Gasteiger partial charge in [-0.15, -0.1) is 0 Å². The maximum atomic E-state index is 13.3. The average molecular weight is 380 g/mol. The summed E-state index contributed by atoms with van der Waals surface area (Å²) in [6.45, 7) is 0. The number of rotatable bonds is 4. The van der Waals surface area contributed by atoms with E-state index in [4.69, 9.17) is 11.6 Å². The van der Waals surface area contributed by atoms with Crippen molar-refractivity contribution >= 4 is 29.1 Å². The third-order valence-electron chi connectivity index (χ3n) is 3.45. The van der Waals surface area contributed by atoms with Gasteiger partial charge in [0.05, 0.1) is 27.7 Å². The van der Waals surface area contributed by atoms with E-state index in [1.54, 1.807) is 31.4 Å². The van der Waals surface area contributed by atoms with Crippen LogP contribution in [0.5, 0.6) is 0 Å². The van der Waals surface area contributed by atoms with Gasteiger partial charge in [-0.3, -0.25) is 4.98 Å². The molecule has 0 atom stereocenters. The van der Waals surface area contributed by atoms with Crippen molar-refractivity contribution in [3.63, 3.8) is 0 Å². The highest BCUT2D eigenvalue weighted by molar-refractivity contribution is 6.33. The highest BCUT2D eigenvalue weighted by Crippen LogP contribution is 2.39. The molecular weight excluding hydrogens is 367 g/mol. The largest absolute Gasteiger partial charge is 0.418 e. The molecular formula is C17H13ClF3N5. The van der Waals surface area contributed by atoms with E-state index in [0.29, 0.717) is 11.4 Å². The Kier molecular flexibility index (Phi) is 4.94. The highest BCUT2D eigenvalue weighted by atomic mass is 35.5. The van der Waals surface area contributed by atoms with E-state index < -0.39 is 11.7 Å². The van der Waals surface area contributed by atoms with Gasteiger partial charge in [0, 0.05) is 19.3 Å². The van der Waals surface area contributed by atoms with Crippen LogP contribution >= 0.6 is 11.6 Å². The Morgan fingerprint density at radius 2 is 1.81 bits per heavy atom. The van der Waals surface area contributed by atoms with Gasteiger partial charge in [-0.2, -0.15) is 18.2 Å². The van der Waals surface area contributed by atoms with Crippen LogP contribution in [-0.2, 0) is 6.18 Å². The van der Waals surface area contributed by atoms with Crippen LogP contribution in [0.2, 0.25) is 5.02 Å². The van der Waals surface area contributed by atoms with Gasteiger partial charge >= 0.3 is 6.18 Å². The zero-order valence-corrected chi connectivity index (χ0v) is 14.2. The molecule has 134 valence electrons. The number of benzene rings is 1. The summed E-state index contributed by atoms with van der Waals surface area (Å²) in [5.74, 6) is 0.389. The summed E-state index contributed by atoms with van der Waals surface area (Å²) in [5, 5.41) is 5.37. The van der Waals surface area contributed by atoms with Gasteiger partial charge in [-0.25, -0.2) is 4.98 Å². The number of alkyl halides is 3. The van der Waals surface area contributed by atoms with E-state index in [2.05, 4.69) is 25.6 Å². The van der Waals surface area contributed by atoms with Gasteiger partial charge in [0.1, 0.15) is 5.82 Å². The minimum atomic E-state index is -4.56. The third kappa shape index (κ3) is 3.85. The highest BCUT2D eigenvalue weighted by Gasteiger charge is 2.34. The topological polar surface area (TPSA) is 62.7 Å². The number of halogens is 4. The molecule has 9 heteroatoms. The Morgan fingerprint density at radius 1 is 1.00 bits per heavy atom. The summed E-state index contributed by atoms with van der Waals surface area (Å²) in [7, 11) is 1.61. The average Bonchev–Trinajstić information content (AvgIpc) is 2.63. The summed E-state index contributed by atoms with van der Waals surface area (Å²) in [6, 6.07) is 10.4. The number of nitrogens with one attached hydrogen (secondary N) is 2. The van der Waals surface area contributed by atoms with Crippen molar-refractivity contribution in [3.05, 3.63) is 59.2 Å². The summed E-state index contributed by atoms with van der Waals surface area (Å²) in [6.07, 6.45) is -2.96. The monoisotopic (exact) mass is 379 g/mol. The zero-order chi connectivity index (χ0) is 18.7. The molecule has 0 amide bonds. The maximum absolute atomic E-state index is 13.3. The number of hydrogen-bond acceptors (Lipinski definition) is 5. The number of nitrogens with zero attached hydrogens (tertiary/aromatic N) is 3. The molecule has 5 nitrogen and oxygen atoms in total. The minimum Gasteiger partial charge on any atom is -0.357 e. The van der Waals surface area contributed by atoms with Crippen molar-refractivity contribution in [2.75, 3.05) is 17.7 Å². The molecule has 0 unspecified atom stereocenters. The summed E-state index contributed by atoms with van der Waals surface area (Å²) < 4.78 is 39.8. The van der Waals surface area contributed by atoms with Gasteiger partial charge in [0.2, 0.25) is 5.95 Å². The Balaban J connectivity index is 2.07. The fourth-order valence-corrected chi connectivity index (χ4v) is 2.51. The Morgan fingerprint density at radius 3 is 2.46 bits per heavy atom. The molecule has 0 aliphatic carbocycles. The Labute approximate surface area is 152 Å². The fourth-order valence-electron chi connectivity index (χ4n) is 2.28. The van der Waals surface area contributed by atoms with E-state index in [9.17, 15) is 13.2 Å². The maximum Gasteiger partial charge on any atom is 0.418 e. The molecule has 0 spiro atoms. The quantitative estimate of drug-likeness (QED) is 0.668. The first-order valence-electron chi connectivity index (χ1n) is 7.49. The van der Waals surface area contributed by atoms with Gasteiger partial charge in [0.15, 0.2) is 0 Å². The van der Waals surface area contributed by atoms with E-state index in [1.807, 2.05) is 0 Å². The van der Waals surface area contributed by atoms with Gasteiger partial charge in [-0.05, 0) is 24.3 Å². The second-order valence-electron chi connectivity index (χ2n) is 5.21. The van der Waals surface area contributed by atoms with Crippen LogP contribution in [0.3, 0.4) is 0 Å². The molecule has 0 fully saturated rings. The lowest BCUT2D eigenvalue weighted by molar-refractivity contribution is -0.136. The Bertz CT molecular complexity index is 916. The summed E-state index contributed by atoms with van der Waals surface area (Å²) in [5.41, 5.74) is -0.138. The minimum absolute atomic E-state index is 0.0659. The molecule has 3 aromatic rings. The zero-order valence-electron chi connectivity index (χ0n) is 13.5. The number of aromatic nitrogens is 3. The van der Waals surface area contributed by atoms with Crippen LogP contribution < -0.4 is 10.6 Å². The molecule has 2 heterocycles. The van der Waals surface area contributed by atoms with E-state index in [1.165, 1.54) is 18.2 Å². The van der Waals surface area contributed by atoms with Crippen molar-refractivity contribution in [3.8, 4) is 11.4 Å². The summed E-state index contributed by atoms with van der Waals surface area (Å²) >= 11 is 5.98. The number of hydrogen-bond donors (Lipinski definition) is 2. The number of pyridine rings is 1. The fraction of sp³-hybridized carbons (Fsp3) is 0.118. The van der Waals surface area contributed by atoms with Crippen molar-refractivity contribution in [1.82, 2.24) is 15.0 Å². The molecule has 0 saturated carbocycles. The second kappa shape index (κ2) is 7.17. The van der Waals surface area contributed by atoms with Crippen molar-refractivity contribution in [2.45, 2.75) is 6.18 Å². The van der Waals surface area contributed by atoms with Crippen LogP contribution in [0, 0.1) is 0 Å². The van der Waals surface area contributed by atoms with Crippen LogP contribution in [0.25, 0.3) is 11.4 Å². The van der Waals surface area contributed by atoms with Gasteiger partial charge < -0.3 is 10.6 Å². The van der Waals surface area contributed by atoms with Crippen molar-refractivity contribution in [1.29, 1.82) is 0 Å². The standard InChI is InChI=1S/C17H13ClF3N5/c1-22-16-24-13(12-7-2-3-8-23-12)9-14(26-16)25-15-10(17(19,20)21)5-4-6-11(15)18/h2-9H,1H3,(H2,22,24,25,26).